The van der Waals surface area contributed by atoms with Gasteiger partial charge in [0.05, 0.1) is 29.3 Å². The predicted octanol–water partition coefficient (Wildman–Crippen LogP) is 5.31. The number of ether oxygens (including phenoxy) is 2. The first-order valence-electron chi connectivity index (χ1n) is 12.5. The third-order valence-corrected chi connectivity index (χ3v) is 6.22. The standard InChI is InChI=1S/C31H26N4O5/c1-20-10-3-8-17-27(20)40-19-28-32-25-15-6-4-13-23(25)30(36)35(28)34-29(21-11-9-12-22(18-21)39-2)33-26-16-7-5-14-24(26)31(37)38/h3-18H,19H2,1-2H3,(H,33,34)(H,37,38). The predicted molar refractivity (Wildman–Crippen MR) is 153 cm³/mol. The molecule has 1 heterocycles. The van der Waals surface area contributed by atoms with Crippen molar-refractivity contribution in [1.82, 2.24) is 9.66 Å². The average Bonchev–Trinajstić information content (AvgIpc) is 2.98. The molecule has 200 valence electrons. The number of amidine groups is 1. The molecule has 0 atom stereocenters. The Bertz CT molecular complexity index is 1790. The third kappa shape index (κ3) is 5.53. The van der Waals surface area contributed by atoms with E-state index in [4.69, 9.17) is 14.5 Å². The van der Waals surface area contributed by atoms with Gasteiger partial charge in [-0.1, -0.05) is 54.6 Å². The van der Waals surface area contributed by atoms with Crippen LogP contribution in [0.2, 0.25) is 0 Å². The first kappa shape index (κ1) is 26.2. The highest BCUT2D eigenvalue weighted by molar-refractivity contribution is 6.07. The van der Waals surface area contributed by atoms with E-state index in [-0.39, 0.29) is 29.3 Å². The topological polar surface area (TPSA) is 115 Å². The van der Waals surface area contributed by atoms with Crippen LogP contribution in [-0.2, 0) is 6.61 Å². The van der Waals surface area contributed by atoms with Gasteiger partial charge >= 0.3 is 5.97 Å². The molecule has 0 spiro atoms. The minimum Gasteiger partial charge on any atom is -0.497 e. The molecule has 0 aliphatic heterocycles. The molecule has 0 aliphatic carbocycles. The van der Waals surface area contributed by atoms with Gasteiger partial charge in [0.2, 0.25) is 0 Å². The number of rotatable bonds is 8. The van der Waals surface area contributed by atoms with Crippen molar-refractivity contribution in [2.45, 2.75) is 13.5 Å². The van der Waals surface area contributed by atoms with E-state index >= 15 is 0 Å². The largest absolute Gasteiger partial charge is 0.497 e. The van der Waals surface area contributed by atoms with Gasteiger partial charge in [-0.3, -0.25) is 10.2 Å². The van der Waals surface area contributed by atoms with Crippen LogP contribution in [0, 0.1) is 6.92 Å². The van der Waals surface area contributed by atoms with Crippen molar-refractivity contribution < 1.29 is 19.4 Å². The van der Waals surface area contributed by atoms with Gasteiger partial charge in [-0.25, -0.2) is 14.8 Å². The summed E-state index contributed by atoms with van der Waals surface area (Å²) in [6.07, 6.45) is 0. The summed E-state index contributed by atoms with van der Waals surface area (Å²) in [4.78, 5) is 35.1. The lowest BCUT2D eigenvalue weighted by Gasteiger charge is -2.18. The molecule has 9 nitrogen and oxygen atoms in total. The van der Waals surface area contributed by atoms with E-state index < -0.39 is 5.97 Å². The van der Waals surface area contributed by atoms with Gasteiger partial charge in [-0.05, 0) is 55.0 Å². The fourth-order valence-electron chi connectivity index (χ4n) is 4.15. The van der Waals surface area contributed by atoms with E-state index in [1.807, 2.05) is 37.3 Å². The molecule has 0 fully saturated rings. The summed E-state index contributed by atoms with van der Waals surface area (Å²) in [5.74, 6) is 0.610. The minimum absolute atomic E-state index is 0.0109. The number of aromatic carboxylic acids is 1. The number of nitrogens with one attached hydrogen (secondary N) is 1. The molecule has 9 heteroatoms. The van der Waals surface area contributed by atoms with Crippen molar-refractivity contribution in [3.63, 3.8) is 0 Å². The minimum atomic E-state index is -1.12. The third-order valence-electron chi connectivity index (χ3n) is 6.22. The molecule has 2 N–H and O–H groups in total. The smallest absolute Gasteiger partial charge is 0.337 e. The van der Waals surface area contributed by atoms with Gasteiger partial charge < -0.3 is 14.6 Å². The van der Waals surface area contributed by atoms with E-state index in [9.17, 15) is 14.7 Å². The Balaban J connectivity index is 1.66. The molecule has 5 aromatic rings. The van der Waals surface area contributed by atoms with Crippen LogP contribution in [0.15, 0.2) is 107 Å². The molecular weight excluding hydrogens is 508 g/mol. The van der Waals surface area contributed by atoms with Crippen LogP contribution in [0.1, 0.15) is 27.3 Å². The van der Waals surface area contributed by atoms with Gasteiger partial charge in [0.15, 0.2) is 11.7 Å². The Morgan fingerprint density at radius 3 is 2.52 bits per heavy atom. The number of para-hydroxylation sites is 3. The number of benzene rings is 4. The zero-order chi connectivity index (χ0) is 28.1. The molecule has 0 saturated carbocycles. The molecule has 0 radical (unpaired) electrons. The quantitative estimate of drug-likeness (QED) is 0.205. The lowest BCUT2D eigenvalue weighted by atomic mass is 10.1. The number of aromatic nitrogens is 2. The average molecular weight is 535 g/mol. The normalized spacial score (nSPS) is 11.3. The van der Waals surface area contributed by atoms with E-state index in [1.54, 1.807) is 67.8 Å². The summed E-state index contributed by atoms with van der Waals surface area (Å²) in [6, 6.07) is 28.0. The number of aliphatic imine (C=N–C) groups is 1. The number of aryl methyl sites for hydroxylation is 1. The Hall–Kier alpha value is -5.44. The maximum atomic E-state index is 13.8. The van der Waals surface area contributed by atoms with E-state index in [0.29, 0.717) is 33.8 Å². The summed E-state index contributed by atoms with van der Waals surface area (Å²) in [5, 5.41) is 10.1. The van der Waals surface area contributed by atoms with Crippen molar-refractivity contribution in [1.29, 1.82) is 0 Å². The van der Waals surface area contributed by atoms with Gasteiger partial charge in [0.25, 0.3) is 5.56 Å². The van der Waals surface area contributed by atoms with E-state index in [1.165, 1.54) is 10.7 Å². The van der Waals surface area contributed by atoms with Crippen molar-refractivity contribution in [3.05, 3.63) is 130 Å². The zero-order valence-electron chi connectivity index (χ0n) is 21.9. The van der Waals surface area contributed by atoms with Crippen LogP contribution in [0.5, 0.6) is 11.5 Å². The lowest BCUT2D eigenvalue weighted by molar-refractivity contribution is 0.0698. The van der Waals surface area contributed by atoms with Crippen molar-refractivity contribution in [2.24, 2.45) is 4.99 Å². The molecule has 4 aromatic carbocycles. The number of nitrogens with zero attached hydrogens (tertiary/aromatic N) is 3. The lowest BCUT2D eigenvalue weighted by Crippen LogP contribution is -2.37. The molecule has 0 unspecified atom stereocenters. The first-order valence-corrected chi connectivity index (χ1v) is 12.5. The monoisotopic (exact) mass is 534 g/mol. The van der Waals surface area contributed by atoms with Gasteiger partial charge in [0.1, 0.15) is 18.1 Å². The molecule has 0 amide bonds. The van der Waals surface area contributed by atoms with Crippen molar-refractivity contribution in [2.75, 3.05) is 12.5 Å². The zero-order valence-corrected chi connectivity index (χ0v) is 21.9. The van der Waals surface area contributed by atoms with Gasteiger partial charge in [-0.2, -0.15) is 4.68 Å². The van der Waals surface area contributed by atoms with Crippen LogP contribution in [0.3, 0.4) is 0 Å². The highest BCUT2D eigenvalue weighted by atomic mass is 16.5. The summed E-state index contributed by atoms with van der Waals surface area (Å²) in [6.45, 7) is 1.91. The fraction of sp³-hybridized carbons (Fsp3) is 0.0968. The second-order valence-electron chi connectivity index (χ2n) is 8.87. The van der Waals surface area contributed by atoms with Crippen molar-refractivity contribution in [3.8, 4) is 11.5 Å². The molecule has 0 aliphatic rings. The molecular formula is C31H26N4O5. The molecule has 0 bridgehead atoms. The molecule has 0 saturated heterocycles. The maximum Gasteiger partial charge on any atom is 0.337 e. The van der Waals surface area contributed by atoms with E-state index in [0.717, 1.165) is 5.56 Å². The van der Waals surface area contributed by atoms with Gasteiger partial charge in [-0.15, -0.1) is 0 Å². The number of fused-ring (bicyclic) bond motifs is 1. The molecule has 1 aromatic heterocycles. The summed E-state index contributed by atoms with van der Waals surface area (Å²) in [5.41, 5.74) is 4.98. The number of carboxylic acid groups (broad SMARTS) is 1. The Kier molecular flexibility index (Phi) is 7.54. The Labute approximate surface area is 230 Å². The second kappa shape index (κ2) is 11.5. The van der Waals surface area contributed by atoms with Gasteiger partial charge in [0, 0.05) is 5.56 Å². The molecule has 40 heavy (non-hydrogen) atoms. The van der Waals surface area contributed by atoms with Crippen LogP contribution in [0.4, 0.5) is 5.69 Å². The number of methoxy groups -OCH3 is 1. The number of hydrogen-bond donors (Lipinski definition) is 2. The maximum absolute atomic E-state index is 13.8. The second-order valence-corrected chi connectivity index (χ2v) is 8.87. The first-order chi connectivity index (χ1) is 19.4. The van der Waals surface area contributed by atoms with Crippen LogP contribution in [0.25, 0.3) is 10.9 Å². The van der Waals surface area contributed by atoms with E-state index in [2.05, 4.69) is 10.4 Å². The van der Waals surface area contributed by atoms with Crippen LogP contribution < -0.4 is 20.5 Å². The number of carboxylic acids is 1. The number of carbonyl (C=O) groups is 1. The summed E-state index contributed by atoms with van der Waals surface area (Å²) in [7, 11) is 1.54. The highest BCUT2D eigenvalue weighted by Crippen LogP contribution is 2.22. The SMILES string of the molecule is COc1cccc(C(=Nc2ccccc2C(=O)O)Nn2c(COc3ccccc3C)nc3ccccc3c2=O)c1. The number of hydrogen-bond acceptors (Lipinski definition) is 6. The highest BCUT2D eigenvalue weighted by Gasteiger charge is 2.17. The fourth-order valence-corrected chi connectivity index (χ4v) is 4.15. The summed E-state index contributed by atoms with van der Waals surface area (Å²) < 4.78 is 12.7. The van der Waals surface area contributed by atoms with Crippen LogP contribution >= 0.6 is 0 Å². The van der Waals surface area contributed by atoms with Crippen molar-refractivity contribution >= 4 is 28.4 Å². The molecule has 5 rings (SSSR count). The Morgan fingerprint density at radius 1 is 0.975 bits per heavy atom. The summed E-state index contributed by atoms with van der Waals surface area (Å²) >= 11 is 0. The Morgan fingerprint density at radius 2 is 1.73 bits per heavy atom. The van der Waals surface area contributed by atoms with Crippen LogP contribution in [-0.4, -0.2) is 33.7 Å².